The molecule has 2 aromatic heterocycles. The summed E-state index contributed by atoms with van der Waals surface area (Å²) in [7, 11) is 0. The third-order valence-corrected chi connectivity index (χ3v) is 4.49. The zero-order chi connectivity index (χ0) is 19.5. The summed E-state index contributed by atoms with van der Waals surface area (Å²) in [5.41, 5.74) is 1.98. The van der Waals surface area contributed by atoms with Crippen LogP contribution in [0.15, 0.2) is 47.3 Å². The fraction of sp³-hybridized carbons (Fsp3) is 0.300. The lowest BCUT2D eigenvalue weighted by atomic mass is 10.1. The molecule has 0 bridgehead atoms. The number of amides is 1. The second kappa shape index (κ2) is 7.85. The molecule has 7 nitrogen and oxygen atoms in total. The van der Waals surface area contributed by atoms with Crippen LogP contribution < -0.4 is 0 Å². The molecule has 3 heterocycles. The van der Waals surface area contributed by atoms with Crippen molar-refractivity contribution in [2.24, 2.45) is 0 Å². The molecule has 8 heteroatoms. The van der Waals surface area contributed by atoms with Crippen LogP contribution in [0.5, 0.6) is 0 Å². The molecule has 144 valence electrons. The minimum Gasteiger partial charge on any atom is -0.442 e. The van der Waals surface area contributed by atoms with Crippen LogP contribution in [0.2, 0.25) is 0 Å². The van der Waals surface area contributed by atoms with Gasteiger partial charge in [0.15, 0.2) is 6.10 Å². The summed E-state index contributed by atoms with van der Waals surface area (Å²) < 4.78 is 24.6. The zero-order valence-electron chi connectivity index (χ0n) is 15.3. The first-order valence-electron chi connectivity index (χ1n) is 8.97. The lowest BCUT2D eigenvalue weighted by Crippen LogP contribution is -2.42. The Morgan fingerprint density at radius 1 is 1.18 bits per heavy atom. The highest BCUT2D eigenvalue weighted by atomic mass is 19.1. The number of ether oxygens (including phenoxy) is 1. The molecule has 1 atom stereocenters. The Bertz CT molecular complexity index is 956. The molecular weight excluding hydrogens is 363 g/mol. The maximum absolute atomic E-state index is 13.0. The summed E-state index contributed by atoms with van der Waals surface area (Å²) in [5.74, 6) is 0.599. The number of morpholine rings is 1. The van der Waals surface area contributed by atoms with E-state index in [-0.39, 0.29) is 11.7 Å². The number of rotatable bonds is 4. The number of benzene rings is 1. The van der Waals surface area contributed by atoms with Crippen LogP contribution in [0.25, 0.3) is 0 Å². The smallest absolute Gasteiger partial charge is 0.274 e. The number of oxazole rings is 1. The predicted molar refractivity (Wildman–Crippen MR) is 97.1 cm³/mol. The van der Waals surface area contributed by atoms with Crippen molar-refractivity contribution in [3.05, 3.63) is 77.3 Å². The highest BCUT2D eigenvalue weighted by Crippen LogP contribution is 2.24. The van der Waals surface area contributed by atoms with Crippen LogP contribution in [0, 0.1) is 12.7 Å². The number of halogens is 1. The molecular formula is C20H19FN4O3. The summed E-state index contributed by atoms with van der Waals surface area (Å²) in [6.07, 6.45) is 4.74. The van der Waals surface area contributed by atoms with Crippen molar-refractivity contribution >= 4 is 5.91 Å². The van der Waals surface area contributed by atoms with Crippen LogP contribution in [-0.4, -0.2) is 45.5 Å². The Balaban J connectivity index is 1.43. The first-order chi connectivity index (χ1) is 13.6. The SMILES string of the molecule is Cc1cnc(C(=O)N2CCOC(c3ncc(Cc4ccc(F)cc4)o3)C2)cn1. The van der Waals surface area contributed by atoms with Gasteiger partial charge in [-0.15, -0.1) is 0 Å². The van der Waals surface area contributed by atoms with Gasteiger partial charge in [0, 0.05) is 19.2 Å². The van der Waals surface area contributed by atoms with E-state index in [0.717, 1.165) is 11.3 Å². The van der Waals surface area contributed by atoms with Crippen LogP contribution in [0.1, 0.15) is 39.5 Å². The first-order valence-corrected chi connectivity index (χ1v) is 8.97. The Labute approximate surface area is 161 Å². The lowest BCUT2D eigenvalue weighted by Gasteiger charge is -2.31. The van der Waals surface area contributed by atoms with Crippen LogP contribution in [0.4, 0.5) is 4.39 Å². The first kappa shape index (κ1) is 18.2. The van der Waals surface area contributed by atoms with Crippen molar-refractivity contribution in [2.75, 3.05) is 19.7 Å². The molecule has 1 unspecified atom stereocenters. The van der Waals surface area contributed by atoms with Gasteiger partial charge in [0.05, 0.1) is 31.2 Å². The van der Waals surface area contributed by atoms with E-state index in [1.54, 1.807) is 29.4 Å². The largest absolute Gasteiger partial charge is 0.442 e. The van der Waals surface area contributed by atoms with Crippen LogP contribution in [0.3, 0.4) is 0 Å². The molecule has 1 aliphatic rings. The van der Waals surface area contributed by atoms with Gasteiger partial charge < -0.3 is 14.1 Å². The van der Waals surface area contributed by atoms with E-state index in [1.165, 1.54) is 18.3 Å². The summed E-state index contributed by atoms with van der Waals surface area (Å²) in [6, 6.07) is 6.23. The van der Waals surface area contributed by atoms with Gasteiger partial charge in [-0.2, -0.15) is 0 Å². The quantitative estimate of drug-likeness (QED) is 0.690. The summed E-state index contributed by atoms with van der Waals surface area (Å²) >= 11 is 0. The maximum atomic E-state index is 13.0. The van der Waals surface area contributed by atoms with Gasteiger partial charge in [-0.3, -0.25) is 9.78 Å². The van der Waals surface area contributed by atoms with Gasteiger partial charge in [-0.05, 0) is 24.6 Å². The highest BCUT2D eigenvalue weighted by molar-refractivity contribution is 5.92. The van der Waals surface area contributed by atoms with Crippen molar-refractivity contribution < 1.29 is 18.3 Å². The molecule has 1 saturated heterocycles. The number of hydrogen-bond acceptors (Lipinski definition) is 6. The zero-order valence-corrected chi connectivity index (χ0v) is 15.3. The van der Waals surface area contributed by atoms with Crippen LogP contribution in [-0.2, 0) is 11.2 Å². The highest BCUT2D eigenvalue weighted by Gasteiger charge is 2.29. The third-order valence-electron chi connectivity index (χ3n) is 4.49. The number of aryl methyl sites for hydroxylation is 1. The van der Waals surface area contributed by atoms with Crippen molar-refractivity contribution in [3.63, 3.8) is 0 Å². The number of hydrogen-bond donors (Lipinski definition) is 0. The second-order valence-electron chi connectivity index (χ2n) is 6.62. The number of nitrogens with zero attached hydrogens (tertiary/aromatic N) is 4. The third kappa shape index (κ3) is 4.07. The molecule has 0 saturated carbocycles. The van der Waals surface area contributed by atoms with E-state index in [1.807, 2.05) is 6.92 Å². The molecule has 0 spiro atoms. The fourth-order valence-corrected chi connectivity index (χ4v) is 3.00. The number of carbonyl (C=O) groups excluding carboxylic acids is 1. The van der Waals surface area contributed by atoms with E-state index >= 15 is 0 Å². The molecule has 0 radical (unpaired) electrons. The van der Waals surface area contributed by atoms with Crippen molar-refractivity contribution in [1.29, 1.82) is 0 Å². The van der Waals surface area contributed by atoms with Crippen LogP contribution >= 0.6 is 0 Å². The van der Waals surface area contributed by atoms with E-state index in [2.05, 4.69) is 15.0 Å². The number of carbonyl (C=O) groups is 1. The normalized spacial score (nSPS) is 16.9. The Hall–Kier alpha value is -3.13. The summed E-state index contributed by atoms with van der Waals surface area (Å²) in [5, 5.41) is 0. The molecule has 28 heavy (non-hydrogen) atoms. The monoisotopic (exact) mass is 382 g/mol. The van der Waals surface area contributed by atoms with Crippen molar-refractivity contribution in [2.45, 2.75) is 19.4 Å². The van der Waals surface area contributed by atoms with Gasteiger partial charge in [0.2, 0.25) is 5.89 Å². The number of aromatic nitrogens is 3. The van der Waals surface area contributed by atoms with E-state index < -0.39 is 6.10 Å². The molecule has 1 amide bonds. The summed E-state index contributed by atoms with van der Waals surface area (Å²) in [4.78, 5) is 26.9. The molecule has 1 aliphatic heterocycles. The summed E-state index contributed by atoms with van der Waals surface area (Å²) in [6.45, 7) is 2.99. The van der Waals surface area contributed by atoms with E-state index in [9.17, 15) is 9.18 Å². The standard InChI is InChI=1S/C20H19FN4O3/c1-13-9-23-17(11-22-13)20(26)25-6-7-27-18(12-25)19-24-10-16(28-19)8-14-2-4-15(21)5-3-14/h2-5,9-11,18H,6-8,12H2,1H3. The Kier molecular flexibility index (Phi) is 5.12. The molecule has 1 aromatic carbocycles. The average molecular weight is 382 g/mol. The molecule has 0 N–H and O–H groups in total. The molecule has 0 aliphatic carbocycles. The van der Waals surface area contributed by atoms with Gasteiger partial charge in [-0.25, -0.2) is 14.4 Å². The van der Waals surface area contributed by atoms with Crippen molar-refractivity contribution in [3.8, 4) is 0 Å². The van der Waals surface area contributed by atoms with E-state index in [4.69, 9.17) is 9.15 Å². The predicted octanol–water partition coefficient (Wildman–Crippen LogP) is 2.72. The van der Waals surface area contributed by atoms with Gasteiger partial charge in [0.25, 0.3) is 5.91 Å². The second-order valence-corrected chi connectivity index (χ2v) is 6.62. The van der Waals surface area contributed by atoms with E-state index in [0.29, 0.717) is 43.5 Å². The lowest BCUT2D eigenvalue weighted by molar-refractivity contribution is -0.0351. The molecule has 1 fully saturated rings. The minimum atomic E-state index is -0.446. The van der Waals surface area contributed by atoms with Gasteiger partial charge in [0.1, 0.15) is 17.3 Å². The Morgan fingerprint density at radius 3 is 2.75 bits per heavy atom. The average Bonchev–Trinajstić information content (AvgIpc) is 3.18. The molecule has 3 aromatic rings. The fourth-order valence-electron chi connectivity index (χ4n) is 3.00. The topological polar surface area (TPSA) is 81.4 Å². The maximum Gasteiger partial charge on any atom is 0.274 e. The van der Waals surface area contributed by atoms with Crippen molar-refractivity contribution in [1.82, 2.24) is 19.9 Å². The Morgan fingerprint density at radius 2 is 2.00 bits per heavy atom. The van der Waals surface area contributed by atoms with Gasteiger partial charge >= 0.3 is 0 Å². The minimum absolute atomic E-state index is 0.195. The van der Waals surface area contributed by atoms with Gasteiger partial charge in [-0.1, -0.05) is 12.1 Å². The molecule has 4 rings (SSSR count).